The van der Waals surface area contributed by atoms with E-state index in [1.165, 1.54) is 0 Å². The van der Waals surface area contributed by atoms with Gasteiger partial charge in [-0.05, 0) is 31.7 Å². The van der Waals surface area contributed by atoms with Crippen LogP contribution in [-0.2, 0) is 4.79 Å². The summed E-state index contributed by atoms with van der Waals surface area (Å²) in [6, 6.07) is 5.33. The van der Waals surface area contributed by atoms with Crippen molar-refractivity contribution in [1.82, 2.24) is 5.32 Å². The SMILES string of the molecule is CCNC(C)CC(=O)Nc1ccc(OC)c(Cl)c1. The van der Waals surface area contributed by atoms with Crippen molar-refractivity contribution >= 4 is 23.2 Å². The monoisotopic (exact) mass is 270 g/mol. The Hall–Kier alpha value is -1.26. The van der Waals surface area contributed by atoms with Gasteiger partial charge >= 0.3 is 0 Å². The fourth-order valence-corrected chi connectivity index (χ4v) is 1.91. The molecule has 1 amide bonds. The van der Waals surface area contributed by atoms with Crippen molar-refractivity contribution in [3.05, 3.63) is 23.2 Å². The second-order valence-corrected chi connectivity index (χ2v) is 4.47. The Kier molecular flexibility index (Phi) is 5.95. The fraction of sp³-hybridized carbons (Fsp3) is 0.462. The molecule has 0 heterocycles. The van der Waals surface area contributed by atoms with Gasteiger partial charge in [0, 0.05) is 18.2 Å². The van der Waals surface area contributed by atoms with E-state index in [0.717, 1.165) is 6.54 Å². The van der Waals surface area contributed by atoms with Crippen LogP contribution in [0.15, 0.2) is 18.2 Å². The van der Waals surface area contributed by atoms with Gasteiger partial charge in [0.2, 0.25) is 5.91 Å². The van der Waals surface area contributed by atoms with Gasteiger partial charge in [0.1, 0.15) is 5.75 Å². The number of nitrogens with one attached hydrogen (secondary N) is 2. The summed E-state index contributed by atoms with van der Waals surface area (Å²) < 4.78 is 5.05. The number of carbonyl (C=O) groups is 1. The van der Waals surface area contributed by atoms with Crippen molar-refractivity contribution in [3.8, 4) is 5.75 Å². The van der Waals surface area contributed by atoms with Gasteiger partial charge < -0.3 is 15.4 Å². The van der Waals surface area contributed by atoms with E-state index in [2.05, 4.69) is 10.6 Å². The molecule has 0 aliphatic carbocycles. The highest BCUT2D eigenvalue weighted by Gasteiger charge is 2.09. The van der Waals surface area contributed by atoms with Crippen LogP contribution in [0.5, 0.6) is 5.75 Å². The van der Waals surface area contributed by atoms with Crippen LogP contribution < -0.4 is 15.4 Å². The number of benzene rings is 1. The summed E-state index contributed by atoms with van der Waals surface area (Å²) in [6.45, 7) is 4.84. The van der Waals surface area contributed by atoms with Crippen molar-refractivity contribution in [2.75, 3.05) is 19.0 Å². The topological polar surface area (TPSA) is 50.4 Å². The van der Waals surface area contributed by atoms with Gasteiger partial charge in [-0.2, -0.15) is 0 Å². The normalized spacial score (nSPS) is 12.0. The van der Waals surface area contributed by atoms with Gasteiger partial charge in [-0.15, -0.1) is 0 Å². The Bertz CT molecular complexity index is 410. The van der Waals surface area contributed by atoms with Crippen molar-refractivity contribution in [2.24, 2.45) is 0 Å². The minimum Gasteiger partial charge on any atom is -0.495 e. The van der Waals surface area contributed by atoms with Crippen LogP contribution in [0.3, 0.4) is 0 Å². The summed E-state index contributed by atoms with van der Waals surface area (Å²) in [5.74, 6) is 0.556. The number of carbonyl (C=O) groups excluding carboxylic acids is 1. The largest absolute Gasteiger partial charge is 0.495 e. The average molecular weight is 271 g/mol. The zero-order valence-corrected chi connectivity index (χ0v) is 11.7. The molecular formula is C13H19ClN2O2. The fourth-order valence-electron chi connectivity index (χ4n) is 1.65. The molecule has 2 N–H and O–H groups in total. The smallest absolute Gasteiger partial charge is 0.225 e. The maximum absolute atomic E-state index is 11.7. The number of methoxy groups -OCH3 is 1. The third-order valence-electron chi connectivity index (χ3n) is 2.48. The summed E-state index contributed by atoms with van der Waals surface area (Å²) in [5.41, 5.74) is 0.675. The van der Waals surface area contributed by atoms with Crippen molar-refractivity contribution in [3.63, 3.8) is 0 Å². The first-order chi connectivity index (χ1) is 8.56. The highest BCUT2D eigenvalue weighted by molar-refractivity contribution is 6.32. The summed E-state index contributed by atoms with van der Waals surface area (Å²) in [7, 11) is 1.55. The molecule has 5 heteroatoms. The molecule has 0 aromatic heterocycles. The quantitative estimate of drug-likeness (QED) is 0.836. The van der Waals surface area contributed by atoms with E-state index < -0.39 is 0 Å². The van der Waals surface area contributed by atoms with Gasteiger partial charge in [0.15, 0.2) is 0 Å². The van der Waals surface area contributed by atoms with E-state index >= 15 is 0 Å². The lowest BCUT2D eigenvalue weighted by molar-refractivity contribution is -0.116. The lowest BCUT2D eigenvalue weighted by Gasteiger charge is -2.12. The van der Waals surface area contributed by atoms with Crippen molar-refractivity contribution in [1.29, 1.82) is 0 Å². The molecule has 0 spiro atoms. The molecule has 0 bridgehead atoms. The third-order valence-corrected chi connectivity index (χ3v) is 2.78. The summed E-state index contributed by atoms with van der Waals surface area (Å²) in [5, 5.41) is 6.47. The highest BCUT2D eigenvalue weighted by atomic mass is 35.5. The van der Waals surface area contributed by atoms with Crippen molar-refractivity contribution in [2.45, 2.75) is 26.3 Å². The van der Waals surface area contributed by atoms with E-state index in [9.17, 15) is 4.79 Å². The molecule has 4 nitrogen and oxygen atoms in total. The third kappa shape index (κ3) is 4.55. The molecule has 0 aliphatic heterocycles. The molecule has 1 atom stereocenters. The number of anilines is 1. The highest BCUT2D eigenvalue weighted by Crippen LogP contribution is 2.27. The molecule has 0 aliphatic rings. The molecule has 0 saturated carbocycles. The minimum absolute atomic E-state index is 0.0373. The molecule has 1 aromatic rings. The van der Waals surface area contributed by atoms with Gasteiger partial charge in [-0.25, -0.2) is 0 Å². The number of halogens is 1. The summed E-state index contributed by atoms with van der Waals surface area (Å²) in [6.07, 6.45) is 0.428. The Balaban J connectivity index is 2.57. The van der Waals surface area contributed by atoms with Gasteiger partial charge in [-0.3, -0.25) is 4.79 Å². The Morgan fingerprint density at radius 1 is 1.50 bits per heavy atom. The molecule has 0 radical (unpaired) electrons. The zero-order valence-electron chi connectivity index (χ0n) is 10.9. The van der Waals surface area contributed by atoms with Crippen molar-refractivity contribution < 1.29 is 9.53 Å². The first-order valence-electron chi connectivity index (χ1n) is 5.93. The summed E-state index contributed by atoms with van der Waals surface area (Å²) >= 11 is 5.98. The van der Waals surface area contributed by atoms with E-state index in [0.29, 0.717) is 22.9 Å². The molecular weight excluding hydrogens is 252 g/mol. The number of amides is 1. The second-order valence-electron chi connectivity index (χ2n) is 4.06. The first-order valence-corrected chi connectivity index (χ1v) is 6.31. The molecule has 1 unspecified atom stereocenters. The molecule has 18 heavy (non-hydrogen) atoms. The van der Waals surface area contributed by atoms with E-state index in [4.69, 9.17) is 16.3 Å². The van der Waals surface area contributed by atoms with E-state index in [1.807, 2.05) is 13.8 Å². The van der Waals surface area contributed by atoms with E-state index in [1.54, 1.807) is 25.3 Å². The lowest BCUT2D eigenvalue weighted by atomic mass is 10.2. The molecule has 0 fully saturated rings. The van der Waals surface area contributed by atoms with Gasteiger partial charge in [-0.1, -0.05) is 18.5 Å². The Morgan fingerprint density at radius 3 is 2.78 bits per heavy atom. The van der Waals surface area contributed by atoms with Crippen LogP contribution >= 0.6 is 11.6 Å². The second kappa shape index (κ2) is 7.24. The number of hydrogen-bond acceptors (Lipinski definition) is 3. The Labute approximate surface area is 113 Å². The lowest BCUT2D eigenvalue weighted by Crippen LogP contribution is -2.30. The standard InChI is InChI=1S/C13H19ClN2O2/c1-4-15-9(2)7-13(17)16-10-5-6-12(18-3)11(14)8-10/h5-6,8-9,15H,4,7H2,1-3H3,(H,16,17). The predicted octanol–water partition coefficient (Wildman–Crippen LogP) is 2.68. The maximum Gasteiger partial charge on any atom is 0.225 e. The van der Waals surface area contributed by atoms with Crippen LogP contribution in [0.2, 0.25) is 5.02 Å². The molecule has 1 aromatic carbocycles. The number of hydrogen-bond donors (Lipinski definition) is 2. The summed E-state index contributed by atoms with van der Waals surface area (Å²) in [4.78, 5) is 11.7. The van der Waals surface area contributed by atoms with Crippen LogP contribution in [0.4, 0.5) is 5.69 Å². The first kappa shape index (κ1) is 14.8. The van der Waals surface area contributed by atoms with Crippen LogP contribution in [0, 0.1) is 0 Å². The number of ether oxygens (including phenoxy) is 1. The molecule has 100 valence electrons. The Morgan fingerprint density at radius 2 is 2.22 bits per heavy atom. The van der Waals surface area contributed by atoms with Crippen LogP contribution in [0.1, 0.15) is 20.3 Å². The van der Waals surface area contributed by atoms with Crippen LogP contribution in [-0.4, -0.2) is 25.6 Å². The minimum atomic E-state index is -0.0373. The van der Waals surface area contributed by atoms with Gasteiger partial charge in [0.05, 0.1) is 12.1 Å². The van der Waals surface area contributed by atoms with Crippen LogP contribution in [0.25, 0.3) is 0 Å². The molecule has 1 rings (SSSR count). The van der Waals surface area contributed by atoms with E-state index in [-0.39, 0.29) is 11.9 Å². The number of rotatable bonds is 6. The van der Waals surface area contributed by atoms with Gasteiger partial charge in [0.25, 0.3) is 0 Å². The maximum atomic E-state index is 11.7. The predicted molar refractivity (Wildman–Crippen MR) is 74.4 cm³/mol. The molecule has 0 saturated heterocycles. The average Bonchev–Trinajstić information content (AvgIpc) is 2.29. The zero-order chi connectivity index (χ0) is 13.5.